The molecule has 2 heterocycles. The fourth-order valence-corrected chi connectivity index (χ4v) is 4.03. The highest BCUT2D eigenvalue weighted by Crippen LogP contribution is 2.39. The summed E-state index contributed by atoms with van der Waals surface area (Å²) in [5, 5.41) is 22.7. The van der Waals surface area contributed by atoms with Crippen LogP contribution in [0.4, 0.5) is 4.39 Å². The van der Waals surface area contributed by atoms with Crippen molar-refractivity contribution >= 4 is 5.91 Å². The Bertz CT molecular complexity index is 631. The molecule has 3 rings (SSSR count). The lowest BCUT2D eigenvalue weighted by molar-refractivity contribution is -0.189. The highest BCUT2D eigenvalue weighted by Gasteiger charge is 2.46. The lowest BCUT2D eigenvalue weighted by Crippen LogP contribution is -2.56. The first-order valence-electron chi connectivity index (χ1n) is 9.63. The van der Waals surface area contributed by atoms with Crippen LogP contribution < -0.4 is 5.32 Å². The molecule has 3 N–H and O–H groups in total. The predicted molar refractivity (Wildman–Crippen MR) is 98.7 cm³/mol. The van der Waals surface area contributed by atoms with Crippen molar-refractivity contribution < 1.29 is 24.1 Å². The molecule has 2 fully saturated rings. The molecule has 1 spiro atoms. The highest BCUT2D eigenvalue weighted by atomic mass is 19.1. The molecule has 0 saturated carbocycles. The maximum Gasteiger partial charge on any atom is 0.234 e. The summed E-state index contributed by atoms with van der Waals surface area (Å²) in [5.41, 5.74) is -0.439. The van der Waals surface area contributed by atoms with E-state index in [1.807, 2.05) is 0 Å². The molecule has 1 unspecified atom stereocenters. The zero-order chi connectivity index (χ0) is 19.3. The van der Waals surface area contributed by atoms with Crippen LogP contribution in [-0.4, -0.2) is 71.6 Å². The van der Waals surface area contributed by atoms with E-state index in [9.17, 15) is 19.4 Å². The second kappa shape index (κ2) is 8.65. The second-order valence-corrected chi connectivity index (χ2v) is 7.84. The molecule has 2 aliphatic rings. The van der Waals surface area contributed by atoms with Gasteiger partial charge in [0.2, 0.25) is 5.91 Å². The summed E-state index contributed by atoms with van der Waals surface area (Å²) >= 11 is 0. The van der Waals surface area contributed by atoms with E-state index in [-0.39, 0.29) is 23.9 Å². The van der Waals surface area contributed by atoms with E-state index in [4.69, 9.17) is 4.74 Å². The second-order valence-electron chi connectivity index (χ2n) is 7.84. The van der Waals surface area contributed by atoms with E-state index in [2.05, 4.69) is 10.2 Å². The average Bonchev–Trinajstić information content (AvgIpc) is 2.65. The van der Waals surface area contributed by atoms with Gasteiger partial charge in [0.25, 0.3) is 0 Å². The topological polar surface area (TPSA) is 82.0 Å². The number of halogens is 1. The normalized spacial score (nSPS) is 25.4. The molecule has 1 amide bonds. The molecule has 1 atom stereocenters. The monoisotopic (exact) mass is 380 g/mol. The van der Waals surface area contributed by atoms with Gasteiger partial charge >= 0.3 is 0 Å². The SMILES string of the molecule is O=C(CN1CCC2(CC1)CC(O)(CO)CCO2)NCCc1ccc(F)cc1. The fraction of sp³-hybridized carbons (Fsp3) is 0.650. The number of likely N-dealkylation sites (tertiary alicyclic amines) is 1. The van der Waals surface area contributed by atoms with Gasteiger partial charge in [-0.15, -0.1) is 0 Å². The lowest BCUT2D eigenvalue weighted by atomic mass is 9.77. The predicted octanol–water partition coefficient (Wildman–Crippen LogP) is 0.853. The summed E-state index contributed by atoms with van der Waals surface area (Å²) in [7, 11) is 0. The van der Waals surface area contributed by atoms with E-state index in [1.54, 1.807) is 12.1 Å². The van der Waals surface area contributed by atoms with E-state index in [1.165, 1.54) is 12.1 Å². The zero-order valence-corrected chi connectivity index (χ0v) is 15.6. The van der Waals surface area contributed by atoms with Gasteiger partial charge in [-0.1, -0.05) is 12.1 Å². The maximum absolute atomic E-state index is 12.9. The molecule has 2 aliphatic heterocycles. The van der Waals surface area contributed by atoms with Crippen LogP contribution in [0.25, 0.3) is 0 Å². The van der Waals surface area contributed by atoms with Gasteiger partial charge < -0.3 is 20.3 Å². The maximum atomic E-state index is 12.9. The fourth-order valence-electron chi connectivity index (χ4n) is 4.03. The lowest BCUT2D eigenvalue weighted by Gasteiger charge is -2.48. The number of aliphatic hydroxyl groups excluding tert-OH is 1. The van der Waals surface area contributed by atoms with Crippen molar-refractivity contribution in [3.8, 4) is 0 Å². The molecule has 0 aliphatic carbocycles. The minimum absolute atomic E-state index is 0.0236. The molecule has 150 valence electrons. The number of nitrogens with one attached hydrogen (secondary N) is 1. The van der Waals surface area contributed by atoms with E-state index >= 15 is 0 Å². The Morgan fingerprint density at radius 3 is 2.59 bits per heavy atom. The van der Waals surface area contributed by atoms with Crippen LogP contribution in [0.15, 0.2) is 24.3 Å². The minimum atomic E-state index is -1.04. The Balaban J connectivity index is 1.38. The third-order valence-corrected chi connectivity index (χ3v) is 5.70. The standard InChI is InChI=1S/C20H29FN2O4/c21-17-3-1-16(2-4-17)5-9-22-18(25)13-23-10-6-20(7-11-23)14-19(26,15-24)8-12-27-20/h1-4,24,26H,5-15H2,(H,22,25). The smallest absolute Gasteiger partial charge is 0.234 e. The Hall–Kier alpha value is -1.54. The van der Waals surface area contributed by atoms with Crippen molar-refractivity contribution in [2.24, 2.45) is 0 Å². The first kappa shape index (κ1) is 20.2. The summed E-state index contributed by atoms with van der Waals surface area (Å²) in [4.78, 5) is 14.2. The van der Waals surface area contributed by atoms with Crippen molar-refractivity contribution in [1.29, 1.82) is 0 Å². The Morgan fingerprint density at radius 1 is 1.22 bits per heavy atom. The molecule has 0 radical (unpaired) electrons. The molecule has 0 bridgehead atoms. The first-order chi connectivity index (χ1) is 12.9. The van der Waals surface area contributed by atoms with Gasteiger partial charge in [-0.25, -0.2) is 4.39 Å². The largest absolute Gasteiger partial charge is 0.393 e. The van der Waals surface area contributed by atoms with Crippen molar-refractivity contribution in [2.45, 2.75) is 43.3 Å². The van der Waals surface area contributed by atoms with Crippen LogP contribution in [-0.2, 0) is 16.0 Å². The third-order valence-electron chi connectivity index (χ3n) is 5.70. The van der Waals surface area contributed by atoms with Crippen LogP contribution in [0.1, 0.15) is 31.2 Å². The number of piperidine rings is 1. The number of benzene rings is 1. The van der Waals surface area contributed by atoms with Crippen molar-refractivity contribution in [2.75, 3.05) is 39.4 Å². The van der Waals surface area contributed by atoms with Gasteiger partial charge in [-0.05, 0) is 37.0 Å². The summed E-state index contributed by atoms with van der Waals surface area (Å²) in [6.07, 6.45) is 3.08. The molecule has 1 aromatic rings. The Labute approximate surface area is 159 Å². The van der Waals surface area contributed by atoms with E-state index in [0.29, 0.717) is 39.0 Å². The number of amides is 1. The van der Waals surface area contributed by atoms with Gasteiger partial charge in [-0.2, -0.15) is 0 Å². The molecule has 7 heteroatoms. The zero-order valence-electron chi connectivity index (χ0n) is 15.6. The van der Waals surface area contributed by atoms with E-state index in [0.717, 1.165) is 31.5 Å². The number of aliphatic hydroxyl groups is 2. The average molecular weight is 380 g/mol. The highest BCUT2D eigenvalue weighted by molar-refractivity contribution is 5.78. The Kier molecular flexibility index (Phi) is 6.47. The van der Waals surface area contributed by atoms with Crippen molar-refractivity contribution in [1.82, 2.24) is 10.2 Å². The summed E-state index contributed by atoms with van der Waals surface area (Å²) in [5.74, 6) is -0.283. The molecule has 2 saturated heterocycles. The molecular formula is C20H29FN2O4. The van der Waals surface area contributed by atoms with Crippen LogP contribution in [0.3, 0.4) is 0 Å². The Morgan fingerprint density at radius 2 is 1.93 bits per heavy atom. The molecule has 1 aromatic carbocycles. The molecular weight excluding hydrogens is 351 g/mol. The van der Waals surface area contributed by atoms with Crippen molar-refractivity contribution in [3.63, 3.8) is 0 Å². The number of carbonyl (C=O) groups excluding carboxylic acids is 1. The van der Waals surface area contributed by atoms with Gasteiger partial charge in [0, 0.05) is 32.5 Å². The first-order valence-corrected chi connectivity index (χ1v) is 9.63. The molecule has 27 heavy (non-hydrogen) atoms. The number of ether oxygens (including phenoxy) is 1. The van der Waals surface area contributed by atoms with Crippen LogP contribution in [0.5, 0.6) is 0 Å². The number of nitrogens with zero attached hydrogens (tertiary/aromatic N) is 1. The van der Waals surface area contributed by atoms with Gasteiger partial charge in [0.1, 0.15) is 5.82 Å². The van der Waals surface area contributed by atoms with E-state index < -0.39 is 5.60 Å². The summed E-state index contributed by atoms with van der Waals surface area (Å²) < 4.78 is 18.8. The molecule has 0 aromatic heterocycles. The number of rotatable bonds is 6. The van der Waals surface area contributed by atoms with Crippen LogP contribution in [0.2, 0.25) is 0 Å². The van der Waals surface area contributed by atoms with Gasteiger partial charge in [0.05, 0.1) is 31.0 Å². The van der Waals surface area contributed by atoms with Crippen LogP contribution >= 0.6 is 0 Å². The van der Waals surface area contributed by atoms with Gasteiger partial charge in [-0.3, -0.25) is 9.69 Å². The van der Waals surface area contributed by atoms with Crippen LogP contribution in [0, 0.1) is 5.82 Å². The third kappa shape index (κ3) is 5.48. The summed E-state index contributed by atoms with van der Waals surface area (Å²) in [6.45, 7) is 2.54. The van der Waals surface area contributed by atoms with Crippen molar-refractivity contribution in [3.05, 3.63) is 35.6 Å². The number of carbonyl (C=O) groups is 1. The number of hydrogen-bond donors (Lipinski definition) is 3. The number of hydrogen-bond acceptors (Lipinski definition) is 5. The quantitative estimate of drug-likeness (QED) is 0.682. The summed E-state index contributed by atoms with van der Waals surface area (Å²) in [6, 6.07) is 6.30. The minimum Gasteiger partial charge on any atom is -0.393 e. The van der Waals surface area contributed by atoms with Gasteiger partial charge in [0.15, 0.2) is 0 Å². The molecule has 6 nitrogen and oxygen atoms in total.